The lowest BCUT2D eigenvalue weighted by Crippen LogP contribution is -2.39. The van der Waals surface area contributed by atoms with Gasteiger partial charge in [-0.2, -0.15) is 0 Å². The van der Waals surface area contributed by atoms with E-state index < -0.39 is 0 Å². The Morgan fingerprint density at radius 1 is 1.27 bits per heavy atom. The van der Waals surface area contributed by atoms with Gasteiger partial charge in [-0.25, -0.2) is 4.39 Å². The van der Waals surface area contributed by atoms with E-state index in [0.717, 1.165) is 19.3 Å². The number of hydrogen-bond acceptors (Lipinski definition) is 5. The van der Waals surface area contributed by atoms with E-state index in [2.05, 4.69) is 15.4 Å². The molecule has 7 nitrogen and oxygen atoms in total. The van der Waals surface area contributed by atoms with Crippen molar-refractivity contribution in [3.05, 3.63) is 59.6 Å². The Morgan fingerprint density at radius 2 is 2.15 bits per heavy atom. The molecule has 0 aliphatic carbocycles. The van der Waals surface area contributed by atoms with E-state index in [0.29, 0.717) is 29.6 Å². The van der Waals surface area contributed by atoms with Crippen LogP contribution in [0.5, 0.6) is 0 Å². The zero-order valence-electron chi connectivity index (χ0n) is 14.3. The van der Waals surface area contributed by atoms with Crippen LogP contribution in [-0.2, 0) is 0 Å². The summed E-state index contributed by atoms with van der Waals surface area (Å²) in [6, 6.07) is 9.15. The van der Waals surface area contributed by atoms with Crippen LogP contribution in [0.1, 0.15) is 47.4 Å². The normalized spacial score (nSPS) is 17.5. The number of likely N-dealkylation sites (tertiary alicyclic amines) is 1. The highest BCUT2D eigenvalue weighted by atomic mass is 19.1. The van der Waals surface area contributed by atoms with Crippen molar-refractivity contribution < 1.29 is 13.6 Å². The number of amides is 1. The number of benzene rings is 1. The second-order valence-electron chi connectivity index (χ2n) is 6.34. The molecule has 1 fully saturated rings. The van der Waals surface area contributed by atoms with Gasteiger partial charge in [0, 0.05) is 12.6 Å². The number of aromatic nitrogens is 4. The second kappa shape index (κ2) is 6.70. The number of carbonyl (C=O) groups is 1. The van der Waals surface area contributed by atoms with E-state index in [9.17, 15) is 9.18 Å². The van der Waals surface area contributed by atoms with Crippen molar-refractivity contribution in [3.63, 3.8) is 0 Å². The minimum atomic E-state index is -0.371. The van der Waals surface area contributed by atoms with Crippen molar-refractivity contribution in [2.45, 2.75) is 32.2 Å². The summed E-state index contributed by atoms with van der Waals surface area (Å²) in [7, 11) is 0. The first-order valence-corrected chi connectivity index (χ1v) is 8.55. The fourth-order valence-electron chi connectivity index (χ4n) is 3.20. The van der Waals surface area contributed by atoms with Crippen molar-refractivity contribution in [1.29, 1.82) is 0 Å². The molecule has 3 heterocycles. The monoisotopic (exact) mass is 355 g/mol. The predicted molar refractivity (Wildman–Crippen MR) is 90.2 cm³/mol. The summed E-state index contributed by atoms with van der Waals surface area (Å²) < 4.78 is 18.9. The van der Waals surface area contributed by atoms with E-state index in [1.165, 1.54) is 16.9 Å². The molecule has 1 saturated heterocycles. The fraction of sp³-hybridized carbons (Fsp3) is 0.333. The maximum absolute atomic E-state index is 13.4. The highest BCUT2D eigenvalue weighted by molar-refractivity contribution is 5.91. The minimum Gasteiger partial charge on any atom is -0.456 e. The summed E-state index contributed by atoms with van der Waals surface area (Å²) in [5.41, 5.74) is 0.485. The van der Waals surface area contributed by atoms with Gasteiger partial charge in [-0.3, -0.25) is 4.79 Å². The zero-order chi connectivity index (χ0) is 18.1. The lowest BCUT2D eigenvalue weighted by atomic mass is 10.0. The first-order valence-electron chi connectivity index (χ1n) is 8.55. The molecule has 0 radical (unpaired) electrons. The molecule has 4 rings (SSSR count). The molecular weight excluding hydrogens is 337 g/mol. The standard InChI is InChI=1S/C18H18FN5O2/c1-12-8-9-16(26-12)18(25)23-10-3-2-7-15(23)17-20-22-24(21-17)14-6-4-5-13(19)11-14/h4-6,8-9,11,15H,2-3,7,10H2,1H3. The van der Waals surface area contributed by atoms with Crippen LogP contribution < -0.4 is 0 Å². The van der Waals surface area contributed by atoms with Crippen LogP contribution in [0.3, 0.4) is 0 Å². The smallest absolute Gasteiger partial charge is 0.290 e. The van der Waals surface area contributed by atoms with Crippen molar-refractivity contribution in [1.82, 2.24) is 25.1 Å². The Bertz CT molecular complexity index is 935. The Kier molecular flexibility index (Phi) is 4.24. The van der Waals surface area contributed by atoms with Crippen LogP contribution in [-0.4, -0.2) is 37.6 Å². The van der Waals surface area contributed by atoms with Gasteiger partial charge >= 0.3 is 0 Å². The first-order chi connectivity index (χ1) is 12.6. The van der Waals surface area contributed by atoms with Gasteiger partial charge in [-0.05, 0) is 55.7 Å². The molecule has 1 unspecified atom stereocenters. The van der Waals surface area contributed by atoms with Crippen LogP contribution in [0.25, 0.3) is 5.69 Å². The largest absolute Gasteiger partial charge is 0.456 e. The van der Waals surface area contributed by atoms with E-state index in [1.807, 2.05) is 0 Å². The van der Waals surface area contributed by atoms with E-state index >= 15 is 0 Å². The lowest BCUT2D eigenvalue weighted by Gasteiger charge is -2.33. The van der Waals surface area contributed by atoms with Crippen LogP contribution in [0.15, 0.2) is 40.8 Å². The fourth-order valence-corrected chi connectivity index (χ4v) is 3.20. The molecule has 1 aliphatic rings. The number of aryl methyl sites for hydroxylation is 1. The van der Waals surface area contributed by atoms with Gasteiger partial charge < -0.3 is 9.32 Å². The van der Waals surface area contributed by atoms with Gasteiger partial charge in [0.2, 0.25) is 0 Å². The Labute approximate surface area is 149 Å². The summed E-state index contributed by atoms with van der Waals surface area (Å²) in [6.45, 7) is 2.41. The predicted octanol–water partition coefficient (Wildman–Crippen LogP) is 3.07. The van der Waals surface area contributed by atoms with E-state index in [-0.39, 0.29) is 17.8 Å². The summed E-state index contributed by atoms with van der Waals surface area (Å²) in [4.78, 5) is 15.8. The van der Waals surface area contributed by atoms with Gasteiger partial charge in [0.1, 0.15) is 11.6 Å². The van der Waals surface area contributed by atoms with Gasteiger partial charge in [0.25, 0.3) is 5.91 Å². The first kappa shape index (κ1) is 16.4. The average molecular weight is 355 g/mol. The molecule has 1 aliphatic heterocycles. The third kappa shape index (κ3) is 3.10. The molecule has 0 spiro atoms. The summed E-state index contributed by atoms with van der Waals surface area (Å²) in [5.74, 6) is 0.906. The molecule has 3 aromatic rings. The number of tetrazole rings is 1. The van der Waals surface area contributed by atoms with Crippen LogP contribution in [0.4, 0.5) is 4.39 Å². The Hall–Kier alpha value is -3.03. The van der Waals surface area contributed by atoms with E-state index in [1.54, 1.807) is 36.1 Å². The van der Waals surface area contributed by atoms with Gasteiger partial charge in [-0.15, -0.1) is 15.0 Å². The summed E-state index contributed by atoms with van der Waals surface area (Å²) in [5, 5.41) is 12.5. The third-order valence-corrected chi connectivity index (χ3v) is 4.48. The molecule has 8 heteroatoms. The topological polar surface area (TPSA) is 77.1 Å². The molecular formula is C18H18FN5O2. The molecule has 0 N–H and O–H groups in total. The number of hydrogen-bond donors (Lipinski definition) is 0. The number of halogens is 1. The van der Waals surface area contributed by atoms with Crippen molar-refractivity contribution in [2.75, 3.05) is 6.54 Å². The van der Waals surface area contributed by atoms with Crippen LogP contribution >= 0.6 is 0 Å². The highest BCUT2D eigenvalue weighted by Gasteiger charge is 2.33. The molecule has 2 aromatic heterocycles. The maximum Gasteiger partial charge on any atom is 0.290 e. The molecule has 0 saturated carbocycles. The molecule has 0 bridgehead atoms. The van der Waals surface area contributed by atoms with Crippen LogP contribution in [0, 0.1) is 12.7 Å². The summed E-state index contributed by atoms with van der Waals surface area (Å²) in [6.07, 6.45) is 2.64. The van der Waals surface area contributed by atoms with Gasteiger partial charge in [0.15, 0.2) is 11.6 Å². The SMILES string of the molecule is Cc1ccc(C(=O)N2CCCCC2c2nnn(-c3cccc(F)c3)n2)o1. The van der Waals surface area contributed by atoms with Crippen molar-refractivity contribution in [3.8, 4) is 5.69 Å². The Morgan fingerprint density at radius 3 is 2.92 bits per heavy atom. The average Bonchev–Trinajstić information content (AvgIpc) is 3.30. The van der Waals surface area contributed by atoms with Crippen molar-refractivity contribution in [2.24, 2.45) is 0 Å². The lowest BCUT2D eigenvalue weighted by molar-refractivity contribution is 0.0566. The molecule has 1 aromatic carbocycles. The van der Waals surface area contributed by atoms with Crippen molar-refractivity contribution >= 4 is 5.91 Å². The third-order valence-electron chi connectivity index (χ3n) is 4.48. The molecule has 1 amide bonds. The zero-order valence-corrected chi connectivity index (χ0v) is 14.3. The molecule has 1 atom stereocenters. The molecule has 134 valence electrons. The Balaban J connectivity index is 1.62. The number of carbonyl (C=O) groups excluding carboxylic acids is 1. The minimum absolute atomic E-state index is 0.176. The quantitative estimate of drug-likeness (QED) is 0.722. The number of rotatable bonds is 3. The number of piperidine rings is 1. The van der Waals surface area contributed by atoms with Crippen LogP contribution in [0.2, 0.25) is 0 Å². The second-order valence-corrected chi connectivity index (χ2v) is 6.34. The molecule has 26 heavy (non-hydrogen) atoms. The van der Waals surface area contributed by atoms with Gasteiger partial charge in [0.05, 0.1) is 11.7 Å². The highest BCUT2D eigenvalue weighted by Crippen LogP contribution is 2.30. The summed E-state index contributed by atoms with van der Waals surface area (Å²) >= 11 is 0. The maximum atomic E-state index is 13.4. The van der Waals surface area contributed by atoms with E-state index in [4.69, 9.17) is 4.42 Å². The number of nitrogens with zero attached hydrogens (tertiary/aromatic N) is 5. The van der Waals surface area contributed by atoms with Gasteiger partial charge in [-0.1, -0.05) is 6.07 Å². The number of furan rings is 1.